The number of halogens is 1. The van der Waals surface area contributed by atoms with E-state index in [1.807, 2.05) is 24.3 Å². The average Bonchev–Trinajstić information content (AvgIpc) is 3.36. The largest absolute Gasteiger partial charge is 0.497 e. The first-order chi connectivity index (χ1) is 15.6. The summed E-state index contributed by atoms with van der Waals surface area (Å²) < 4.78 is 24.0. The van der Waals surface area contributed by atoms with Crippen molar-refractivity contribution in [3.05, 3.63) is 84.1 Å². The predicted molar refractivity (Wildman–Crippen MR) is 121 cm³/mol. The lowest BCUT2D eigenvalue weighted by atomic mass is 10.1. The Morgan fingerprint density at radius 1 is 1.06 bits per heavy atom. The summed E-state index contributed by atoms with van der Waals surface area (Å²) in [7, 11) is 1.67. The molecule has 1 saturated heterocycles. The van der Waals surface area contributed by atoms with Gasteiger partial charge in [0.05, 0.1) is 25.8 Å². The number of carbonyl (C=O) groups excluding carboxylic acids is 1. The first-order valence-electron chi connectivity index (χ1n) is 10.8. The molecule has 3 aromatic rings. The lowest BCUT2D eigenvalue weighted by molar-refractivity contribution is -0.120. The summed E-state index contributed by atoms with van der Waals surface area (Å²) in [5, 5.41) is 3.03. The third-order valence-electron chi connectivity index (χ3n) is 5.83. The van der Waals surface area contributed by atoms with Crippen LogP contribution in [0.2, 0.25) is 0 Å². The number of methoxy groups -OCH3 is 1. The van der Waals surface area contributed by atoms with Crippen LogP contribution >= 0.6 is 0 Å². The molecule has 1 aromatic heterocycles. The number of carbonyl (C=O) groups is 1. The minimum absolute atomic E-state index is 0.0415. The highest BCUT2D eigenvalue weighted by Gasteiger charge is 2.27. The Morgan fingerprint density at radius 3 is 2.41 bits per heavy atom. The van der Waals surface area contributed by atoms with Gasteiger partial charge in [0.2, 0.25) is 5.91 Å². The van der Waals surface area contributed by atoms with Crippen molar-refractivity contribution in [3.8, 4) is 5.75 Å². The van der Waals surface area contributed by atoms with Crippen molar-refractivity contribution < 1.29 is 18.3 Å². The van der Waals surface area contributed by atoms with E-state index < -0.39 is 0 Å². The molecule has 1 N–H and O–H groups in total. The molecule has 1 fully saturated rings. The van der Waals surface area contributed by atoms with Crippen molar-refractivity contribution in [1.29, 1.82) is 0 Å². The number of anilines is 1. The average molecular weight is 438 g/mol. The van der Waals surface area contributed by atoms with Gasteiger partial charge in [-0.3, -0.25) is 9.69 Å². The third kappa shape index (κ3) is 5.48. The Bertz CT molecular complexity index is 982. The summed E-state index contributed by atoms with van der Waals surface area (Å²) in [6, 6.07) is 17.9. The standard InChI is InChI=1S/C25H28FN3O3/c1-31-22-10-8-21(9-11-22)28-12-14-29(15-13-28)23(24-3-2-16-32-24)18-27-25(30)17-19-4-6-20(26)7-5-19/h2-11,16,23H,12-15,17-18H2,1H3,(H,27,30). The van der Waals surface area contributed by atoms with E-state index in [4.69, 9.17) is 9.15 Å². The molecule has 2 aromatic carbocycles. The zero-order chi connectivity index (χ0) is 22.3. The van der Waals surface area contributed by atoms with Gasteiger partial charge in [-0.1, -0.05) is 12.1 Å². The zero-order valence-corrected chi connectivity index (χ0v) is 18.2. The Kier molecular flexibility index (Phi) is 7.07. The van der Waals surface area contributed by atoms with Crippen LogP contribution in [0.4, 0.5) is 10.1 Å². The first-order valence-corrected chi connectivity index (χ1v) is 10.8. The molecule has 7 heteroatoms. The SMILES string of the molecule is COc1ccc(N2CCN(C(CNC(=O)Cc3ccc(F)cc3)c3ccco3)CC2)cc1. The van der Waals surface area contributed by atoms with Gasteiger partial charge in [-0.2, -0.15) is 0 Å². The number of benzene rings is 2. The van der Waals surface area contributed by atoms with Gasteiger partial charge in [0.15, 0.2) is 0 Å². The molecule has 1 atom stereocenters. The van der Waals surface area contributed by atoms with Crippen LogP contribution in [0.5, 0.6) is 5.75 Å². The van der Waals surface area contributed by atoms with E-state index in [9.17, 15) is 9.18 Å². The Labute approximate surface area is 187 Å². The van der Waals surface area contributed by atoms with Gasteiger partial charge in [0.1, 0.15) is 17.3 Å². The summed E-state index contributed by atoms with van der Waals surface area (Å²) in [5.74, 6) is 1.29. The van der Waals surface area contributed by atoms with Crippen LogP contribution in [0.3, 0.4) is 0 Å². The number of hydrogen-bond acceptors (Lipinski definition) is 5. The van der Waals surface area contributed by atoms with Crippen LogP contribution in [-0.2, 0) is 11.2 Å². The lowest BCUT2D eigenvalue weighted by Crippen LogP contribution is -2.50. The van der Waals surface area contributed by atoms with Crippen molar-refractivity contribution in [2.75, 3.05) is 44.7 Å². The van der Waals surface area contributed by atoms with E-state index in [2.05, 4.69) is 27.2 Å². The van der Waals surface area contributed by atoms with Crippen LogP contribution < -0.4 is 15.0 Å². The van der Waals surface area contributed by atoms with Crippen LogP contribution in [0.15, 0.2) is 71.3 Å². The number of piperazine rings is 1. The van der Waals surface area contributed by atoms with E-state index in [1.165, 1.54) is 17.8 Å². The monoisotopic (exact) mass is 437 g/mol. The number of hydrogen-bond donors (Lipinski definition) is 1. The second kappa shape index (κ2) is 10.3. The highest BCUT2D eigenvalue weighted by molar-refractivity contribution is 5.78. The normalized spacial score (nSPS) is 15.4. The predicted octanol–water partition coefficient (Wildman–Crippen LogP) is 3.65. The fourth-order valence-electron chi connectivity index (χ4n) is 4.04. The Morgan fingerprint density at radius 2 is 1.78 bits per heavy atom. The number of furan rings is 1. The molecule has 0 aliphatic carbocycles. The molecule has 2 heterocycles. The fourth-order valence-corrected chi connectivity index (χ4v) is 4.04. The summed E-state index contributed by atoms with van der Waals surface area (Å²) in [5.41, 5.74) is 1.96. The summed E-state index contributed by atoms with van der Waals surface area (Å²) in [4.78, 5) is 17.2. The lowest BCUT2D eigenvalue weighted by Gasteiger charge is -2.39. The van der Waals surface area contributed by atoms with Gasteiger partial charge < -0.3 is 19.4 Å². The maximum atomic E-state index is 13.1. The molecule has 32 heavy (non-hydrogen) atoms. The fraction of sp³-hybridized carbons (Fsp3) is 0.320. The van der Waals surface area contributed by atoms with Crippen molar-refractivity contribution in [2.24, 2.45) is 0 Å². The summed E-state index contributed by atoms with van der Waals surface area (Å²) >= 11 is 0. The molecule has 0 bridgehead atoms. The molecule has 1 aliphatic heterocycles. The van der Waals surface area contributed by atoms with Gasteiger partial charge in [-0.25, -0.2) is 4.39 Å². The molecule has 0 radical (unpaired) electrons. The second-order valence-electron chi connectivity index (χ2n) is 7.86. The molecular weight excluding hydrogens is 409 g/mol. The second-order valence-corrected chi connectivity index (χ2v) is 7.86. The van der Waals surface area contributed by atoms with E-state index in [1.54, 1.807) is 25.5 Å². The molecule has 1 amide bonds. The van der Waals surface area contributed by atoms with Gasteiger partial charge in [0.25, 0.3) is 0 Å². The first kappa shape index (κ1) is 21.9. The highest BCUT2D eigenvalue weighted by atomic mass is 19.1. The van der Waals surface area contributed by atoms with Crippen molar-refractivity contribution in [1.82, 2.24) is 10.2 Å². The van der Waals surface area contributed by atoms with E-state index in [0.717, 1.165) is 43.3 Å². The van der Waals surface area contributed by atoms with Gasteiger partial charge in [-0.05, 0) is 54.1 Å². The number of nitrogens with one attached hydrogen (secondary N) is 1. The molecular formula is C25H28FN3O3. The van der Waals surface area contributed by atoms with Gasteiger partial charge in [-0.15, -0.1) is 0 Å². The minimum atomic E-state index is -0.305. The molecule has 4 rings (SSSR count). The molecule has 1 unspecified atom stereocenters. The number of rotatable bonds is 8. The van der Waals surface area contributed by atoms with Crippen molar-refractivity contribution in [3.63, 3.8) is 0 Å². The molecule has 0 spiro atoms. The summed E-state index contributed by atoms with van der Waals surface area (Å²) in [6.45, 7) is 3.92. The van der Waals surface area contributed by atoms with Gasteiger partial charge in [0, 0.05) is 38.4 Å². The van der Waals surface area contributed by atoms with Crippen LogP contribution in [0.1, 0.15) is 17.4 Å². The molecule has 0 saturated carbocycles. The highest BCUT2D eigenvalue weighted by Crippen LogP contribution is 2.25. The van der Waals surface area contributed by atoms with Crippen LogP contribution in [-0.4, -0.2) is 50.6 Å². The molecule has 168 valence electrons. The minimum Gasteiger partial charge on any atom is -0.497 e. The van der Waals surface area contributed by atoms with Gasteiger partial charge >= 0.3 is 0 Å². The maximum Gasteiger partial charge on any atom is 0.224 e. The van der Waals surface area contributed by atoms with Crippen LogP contribution in [0.25, 0.3) is 0 Å². The molecule has 6 nitrogen and oxygen atoms in total. The summed E-state index contributed by atoms with van der Waals surface area (Å²) in [6.07, 6.45) is 1.88. The number of amides is 1. The van der Waals surface area contributed by atoms with Crippen LogP contribution in [0, 0.1) is 5.82 Å². The molecule has 1 aliphatic rings. The smallest absolute Gasteiger partial charge is 0.224 e. The van der Waals surface area contributed by atoms with E-state index in [-0.39, 0.29) is 24.2 Å². The van der Waals surface area contributed by atoms with Crippen molar-refractivity contribution in [2.45, 2.75) is 12.5 Å². The third-order valence-corrected chi connectivity index (χ3v) is 5.83. The number of nitrogens with zero attached hydrogens (tertiary/aromatic N) is 2. The maximum absolute atomic E-state index is 13.1. The zero-order valence-electron chi connectivity index (χ0n) is 18.2. The number of ether oxygens (including phenoxy) is 1. The Balaban J connectivity index is 1.35. The Hall–Kier alpha value is -3.32. The van der Waals surface area contributed by atoms with Crippen molar-refractivity contribution >= 4 is 11.6 Å². The van der Waals surface area contributed by atoms with E-state index >= 15 is 0 Å². The quantitative estimate of drug-likeness (QED) is 0.583. The topological polar surface area (TPSA) is 58.0 Å². The van der Waals surface area contributed by atoms with E-state index in [0.29, 0.717) is 6.54 Å².